The zero-order valence-electron chi connectivity index (χ0n) is 18.8. The topological polar surface area (TPSA) is 80.6 Å². The van der Waals surface area contributed by atoms with Crippen molar-refractivity contribution in [3.63, 3.8) is 0 Å². The van der Waals surface area contributed by atoms with E-state index in [0.717, 1.165) is 40.4 Å². The molecule has 0 bridgehead atoms. The van der Waals surface area contributed by atoms with E-state index >= 15 is 0 Å². The van der Waals surface area contributed by atoms with E-state index in [1.54, 1.807) is 7.11 Å². The van der Waals surface area contributed by atoms with Gasteiger partial charge in [0.05, 0.1) is 44.1 Å². The number of aliphatic hydroxyl groups is 1. The molecule has 1 fully saturated rings. The molecule has 3 heterocycles. The molecule has 1 aromatic carbocycles. The van der Waals surface area contributed by atoms with E-state index in [9.17, 15) is 5.11 Å². The summed E-state index contributed by atoms with van der Waals surface area (Å²) >= 11 is 0. The minimum Gasteiger partial charge on any atom is -0.496 e. The van der Waals surface area contributed by atoms with Crippen LogP contribution in [-0.4, -0.2) is 53.0 Å². The van der Waals surface area contributed by atoms with Crippen LogP contribution in [-0.2, 0) is 16.8 Å². The van der Waals surface area contributed by atoms with Gasteiger partial charge in [-0.05, 0) is 37.3 Å². The average Bonchev–Trinajstić information content (AvgIpc) is 2.77. The monoisotopic (exact) mass is 422 g/mol. The van der Waals surface area contributed by atoms with E-state index in [4.69, 9.17) is 24.4 Å². The maximum atomic E-state index is 9.69. The standard InChI is InChI=1S/C24H30N4O3/c1-15-14-31-11-10-28(15)22-18-7-8-19(16-6-9-20(30-5)17(12-16)13-29)25-21(18)26-23(27-22)24(2,3)4/h6-9,12,15,29H,10-11,13-14H2,1-5H3. The van der Waals surface area contributed by atoms with Gasteiger partial charge in [0.25, 0.3) is 0 Å². The number of anilines is 1. The van der Waals surface area contributed by atoms with E-state index < -0.39 is 0 Å². The number of pyridine rings is 1. The van der Waals surface area contributed by atoms with Crippen molar-refractivity contribution in [2.24, 2.45) is 0 Å². The summed E-state index contributed by atoms with van der Waals surface area (Å²) in [6.45, 7) is 10.5. The van der Waals surface area contributed by atoms with Gasteiger partial charge in [-0.25, -0.2) is 15.0 Å². The number of fused-ring (bicyclic) bond motifs is 1. The molecule has 0 spiro atoms. The predicted molar refractivity (Wildman–Crippen MR) is 122 cm³/mol. The second kappa shape index (κ2) is 8.40. The molecule has 0 saturated carbocycles. The molecule has 2 aromatic heterocycles. The van der Waals surface area contributed by atoms with Crippen LogP contribution in [0.15, 0.2) is 30.3 Å². The van der Waals surface area contributed by atoms with Crippen LogP contribution in [0.4, 0.5) is 5.82 Å². The highest BCUT2D eigenvalue weighted by atomic mass is 16.5. The van der Waals surface area contributed by atoms with Gasteiger partial charge in [0.2, 0.25) is 0 Å². The van der Waals surface area contributed by atoms with Crippen molar-refractivity contribution >= 4 is 16.9 Å². The molecule has 7 heteroatoms. The molecule has 31 heavy (non-hydrogen) atoms. The number of hydrogen-bond acceptors (Lipinski definition) is 7. The average molecular weight is 423 g/mol. The number of aromatic nitrogens is 3. The van der Waals surface area contributed by atoms with Crippen LogP contribution in [0.2, 0.25) is 0 Å². The Morgan fingerprint density at radius 3 is 2.65 bits per heavy atom. The molecule has 1 N–H and O–H groups in total. The van der Waals surface area contributed by atoms with Crippen LogP contribution in [0, 0.1) is 0 Å². The smallest absolute Gasteiger partial charge is 0.165 e. The summed E-state index contributed by atoms with van der Waals surface area (Å²) in [6, 6.07) is 9.97. The third-order valence-electron chi connectivity index (χ3n) is 5.60. The van der Waals surface area contributed by atoms with Crippen molar-refractivity contribution < 1.29 is 14.6 Å². The zero-order chi connectivity index (χ0) is 22.2. The van der Waals surface area contributed by atoms with Crippen LogP contribution in [0.1, 0.15) is 39.1 Å². The minimum atomic E-state index is -0.208. The Balaban J connectivity index is 1.87. The number of methoxy groups -OCH3 is 1. The summed E-state index contributed by atoms with van der Waals surface area (Å²) < 4.78 is 11.0. The first-order valence-corrected chi connectivity index (χ1v) is 10.6. The second-order valence-corrected chi connectivity index (χ2v) is 8.99. The fourth-order valence-electron chi connectivity index (χ4n) is 3.81. The molecule has 0 aliphatic carbocycles. The van der Waals surface area contributed by atoms with E-state index in [1.807, 2.05) is 30.3 Å². The Bertz CT molecular complexity index is 1090. The van der Waals surface area contributed by atoms with E-state index in [2.05, 4.69) is 32.6 Å². The van der Waals surface area contributed by atoms with E-state index in [-0.39, 0.29) is 18.1 Å². The van der Waals surface area contributed by atoms with Crippen LogP contribution in [0.25, 0.3) is 22.3 Å². The lowest BCUT2D eigenvalue weighted by molar-refractivity contribution is 0.0986. The summed E-state index contributed by atoms with van der Waals surface area (Å²) in [5, 5.41) is 10.6. The van der Waals surface area contributed by atoms with Crippen molar-refractivity contribution in [2.45, 2.75) is 45.8 Å². The van der Waals surface area contributed by atoms with Gasteiger partial charge in [-0.15, -0.1) is 0 Å². The fourth-order valence-corrected chi connectivity index (χ4v) is 3.81. The number of nitrogens with zero attached hydrogens (tertiary/aromatic N) is 4. The van der Waals surface area contributed by atoms with Crippen LogP contribution < -0.4 is 9.64 Å². The molecule has 0 amide bonds. The number of morpholine rings is 1. The van der Waals surface area contributed by atoms with Gasteiger partial charge in [-0.3, -0.25) is 0 Å². The van der Waals surface area contributed by atoms with Crippen molar-refractivity contribution in [1.82, 2.24) is 15.0 Å². The van der Waals surface area contributed by atoms with Crippen molar-refractivity contribution in [1.29, 1.82) is 0 Å². The molecule has 1 atom stereocenters. The summed E-state index contributed by atoms with van der Waals surface area (Å²) in [6.07, 6.45) is 0. The molecule has 0 radical (unpaired) electrons. The molecule has 4 rings (SSSR count). The van der Waals surface area contributed by atoms with Crippen LogP contribution in [0.5, 0.6) is 5.75 Å². The van der Waals surface area contributed by atoms with Gasteiger partial charge in [-0.2, -0.15) is 0 Å². The molecule has 1 aliphatic rings. The highest BCUT2D eigenvalue weighted by Gasteiger charge is 2.26. The summed E-state index contributed by atoms with van der Waals surface area (Å²) in [4.78, 5) is 17.0. The van der Waals surface area contributed by atoms with Gasteiger partial charge in [0, 0.05) is 23.1 Å². The van der Waals surface area contributed by atoms with Gasteiger partial charge in [0.1, 0.15) is 17.4 Å². The van der Waals surface area contributed by atoms with E-state index in [1.165, 1.54) is 0 Å². The lowest BCUT2D eigenvalue weighted by Gasteiger charge is -2.35. The van der Waals surface area contributed by atoms with Crippen LogP contribution in [0.3, 0.4) is 0 Å². The largest absolute Gasteiger partial charge is 0.496 e. The first-order chi connectivity index (χ1) is 14.8. The second-order valence-electron chi connectivity index (χ2n) is 8.99. The molecule has 3 aromatic rings. The molecule has 1 aliphatic heterocycles. The highest BCUT2D eigenvalue weighted by molar-refractivity contribution is 5.89. The number of aliphatic hydroxyl groups excluding tert-OH is 1. The SMILES string of the molecule is COc1ccc(-c2ccc3c(N4CCOCC4C)nc(C(C)(C)C)nc3n2)cc1CO. The molecular formula is C24H30N4O3. The lowest BCUT2D eigenvalue weighted by Crippen LogP contribution is -2.44. The third-order valence-corrected chi connectivity index (χ3v) is 5.60. The Hall–Kier alpha value is -2.77. The molecule has 1 unspecified atom stereocenters. The summed E-state index contributed by atoms with van der Waals surface area (Å²) in [5.41, 5.74) is 2.89. The maximum absolute atomic E-state index is 9.69. The lowest BCUT2D eigenvalue weighted by atomic mass is 9.95. The third kappa shape index (κ3) is 4.20. The molecule has 164 valence electrons. The fraction of sp³-hybridized carbons (Fsp3) is 0.458. The molecule has 1 saturated heterocycles. The van der Waals surface area contributed by atoms with Crippen LogP contribution >= 0.6 is 0 Å². The van der Waals surface area contributed by atoms with Gasteiger partial charge >= 0.3 is 0 Å². The quantitative estimate of drug-likeness (QED) is 0.686. The predicted octanol–water partition coefficient (Wildman–Crippen LogP) is 3.72. The number of hydrogen-bond donors (Lipinski definition) is 1. The van der Waals surface area contributed by atoms with Crippen molar-refractivity contribution in [2.75, 3.05) is 31.8 Å². The number of rotatable bonds is 4. The Labute approximate surface area is 183 Å². The van der Waals surface area contributed by atoms with Gasteiger partial charge in [0.15, 0.2) is 5.65 Å². The van der Waals surface area contributed by atoms with Crippen molar-refractivity contribution in [3.05, 3.63) is 41.7 Å². The highest BCUT2D eigenvalue weighted by Crippen LogP contribution is 2.32. The number of benzene rings is 1. The minimum absolute atomic E-state index is 0.0972. The Kier molecular flexibility index (Phi) is 5.81. The Morgan fingerprint density at radius 1 is 1.16 bits per heavy atom. The van der Waals surface area contributed by atoms with E-state index in [0.29, 0.717) is 24.6 Å². The molecular weight excluding hydrogens is 392 g/mol. The normalized spacial score (nSPS) is 17.2. The summed E-state index contributed by atoms with van der Waals surface area (Å²) in [7, 11) is 1.60. The van der Waals surface area contributed by atoms with Gasteiger partial charge in [-0.1, -0.05) is 20.8 Å². The van der Waals surface area contributed by atoms with Crippen molar-refractivity contribution in [3.8, 4) is 17.0 Å². The van der Waals surface area contributed by atoms with Gasteiger partial charge < -0.3 is 19.5 Å². The first kappa shape index (κ1) is 21.5. The molecule has 7 nitrogen and oxygen atoms in total. The zero-order valence-corrected chi connectivity index (χ0v) is 18.8. The summed E-state index contributed by atoms with van der Waals surface area (Å²) in [5.74, 6) is 2.34. The number of ether oxygens (including phenoxy) is 2. The first-order valence-electron chi connectivity index (χ1n) is 10.6. The maximum Gasteiger partial charge on any atom is 0.165 e. The Morgan fingerprint density at radius 2 is 1.97 bits per heavy atom.